The Morgan fingerprint density at radius 3 is 2.43 bits per heavy atom. The first-order valence-corrected chi connectivity index (χ1v) is 6.14. The first-order valence-electron chi connectivity index (χ1n) is 6.14. The van der Waals surface area contributed by atoms with Gasteiger partial charge in [-0.05, 0) is 12.1 Å². The van der Waals surface area contributed by atoms with Crippen LogP contribution in [0.15, 0.2) is 42.5 Å². The lowest BCUT2D eigenvalue weighted by molar-refractivity contribution is -0.139. The zero-order valence-corrected chi connectivity index (χ0v) is 11.5. The Bertz CT molecular complexity index is 513. The molecule has 7 heteroatoms. The number of carbonyl (C=O) groups is 3. The Labute approximate surface area is 121 Å². The summed E-state index contributed by atoms with van der Waals surface area (Å²) in [6.07, 6.45) is 1.93. The van der Waals surface area contributed by atoms with Crippen LogP contribution >= 0.6 is 0 Å². The first-order chi connectivity index (χ1) is 10.1. The molecule has 21 heavy (non-hydrogen) atoms. The number of carbonyl (C=O) groups excluding carboxylic acids is 3. The van der Waals surface area contributed by atoms with E-state index in [0.717, 1.165) is 12.2 Å². The number of nitrogens with one attached hydrogen (secondary N) is 2. The molecule has 0 aromatic heterocycles. The number of hydrogen-bond donors (Lipinski definition) is 2. The molecule has 0 fully saturated rings. The smallest absolute Gasteiger partial charge is 0.331 e. The maximum Gasteiger partial charge on any atom is 0.331 e. The summed E-state index contributed by atoms with van der Waals surface area (Å²) in [7, 11) is 1.21. The van der Waals surface area contributed by atoms with Gasteiger partial charge in [-0.1, -0.05) is 18.2 Å². The predicted octanol–water partition coefficient (Wildman–Crippen LogP) is 0.193. The van der Waals surface area contributed by atoms with Gasteiger partial charge in [0.2, 0.25) is 0 Å². The molecule has 1 rings (SSSR count). The molecule has 1 aromatic rings. The predicted molar refractivity (Wildman–Crippen MR) is 74.0 cm³/mol. The number of amides is 1. The molecule has 0 atom stereocenters. The van der Waals surface area contributed by atoms with Crippen LogP contribution in [0, 0.1) is 0 Å². The molecule has 0 heterocycles. The highest BCUT2D eigenvalue weighted by atomic mass is 16.5. The SMILES string of the molecule is COC(=O)C=CC(=O)OCCNNC(=O)c1ccccc1. The highest BCUT2D eigenvalue weighted by Crippen LogP contribution is 1.96. The van der Waals surface area contributed by atoms with Crippen molar-refractivity contribution in [3.05, 3.63) is 48.0 Å². The Morgan fingerprint density at radius 1 is 1.10 bits per heavy atom. The summed E-state index contributed by atoms with van der Waals surface area (Å²) in [6.45, 7) is 0.274. The largest absolute Gasteiger partial charge is 0.466 e. The van der Waals surface area contributed by atoms with Gasteiger partial charge in [-0.15, -0.1) is 0 Å². The van der Waals surface area contributed by atoms with Crippen LogP contribution in [-0.4, -0.2) is 38.1 Å². The molecule has 0 aliphatic heterocycles. The molecule has 0 saturated carbocycles. The third-order valence-corrected chi connectivity index (χ3v) is 2.27. The van der Waals surface area contributed by atoms with E-state index in [1.165, 1.54) is 7.11 Å². The summed E-state index contributed by atoms with van der Waals surface area (Å²) in [5.74, 6) is -1.59. The van der Waals surface area contributed by atoms with Crippen LogP contribution in [0.4, 0.5) is 0 Å². The van der Waals surface area contributed by atoms with Crippen molar-refractivity contribution in [2.24, 2.45) is 0 Å². The molecular weight excluding hydrogens is 276 g/mol. The van der Waals surface area contributed by atoms with E-state index in [1.807, 2.05) is 6.07 Å². The van der Waals surface area contributed by atoms with Crippen LogP contribution < -0.4 is 10.9 Å². The fourth-order valence-electron chi connectivity index (χ4n) is 1.26. The van der Waals surface area contributed by atoms with Gasteiger partial charge in [-0.25, -0.2) is 15.0 Å². The molecule has 112 valence electrons. The zero-order valence-electron chi connectivity index (χ0n) is 11.5. The topological polar surface area (TPSA) is 93.7 Å². The van der Waals surface area contributed by atoms with Crippen LogP contribution in [0.1, 0.15) is 10.4 Å². The summed E-state index contributed by atoms with van der Waals surface area (Å²) in [5.41, 5.74) is 5.60. The van der Waals surface area contributed by atoms with Gasteiger partial charge in [-0.3, -0.25) is 10.2 Å². The number of hydrazine groups is 1. The minimum atomic E-state index is -0.670. The zero-order chi connectivity index (χ0) is 15.5. The van der Waals surface area contributed by atoms with Gasteiger partial charge in [0.25, 0.3) is 5.91 Å². The van der Waals surface area contributed by atoms with Crippen molar-refractivity contribution < 1.29 is 23.9 Å². The normalized spacial score (nSPS) is 10.1. The second-order valence-electron chi connectivity index (χ2n) is 3.77. The van der Waals surface area contributed by atoms with Crippen molar-refractivity contribution >= 4 is 17.8 Å². The Kier molecular flexibility index (Phi) is 7.23. The van der Waals surface area contributed by atoms with E-state index in [-0.39, 0.29) is 19.1 Å². The number of ether oxygens (including phenoxy) is 2. The molecule has 1 amide bonds. The first kappa shape index (κ1) is 16.4. The number of benzene rings is 1. The number of hydrogen-bond acceptors (Lipinski definition) is 6. The van der Waals surface area contributed by atoms with E-state index in [4.69, 9.17) is 4.74 Å². The summed E-state index contributed by atoms with van der Waals surface area (Å²) in [5, 5.41) is 0. The van der Waals surface area contributed by atoms with Gasteiger partial charge in [0.05, 0.1) is 7.11 Å². The maximum atomic E-state index is 11.6. The van der Waals surface area contributed by atoms with Gasteiger partial charge < -0.3 is 9.47 Å². The average Bonchev–Trinajstić information content (AvgIpc) is 2.52. The van der Waals surface area contributed by atoms with Crippen LogP contribution in [0.2, 0.25) is 0 Å². The van der Waals surface area contributed by atoms with Crippen LogP contribution in [0.25, 0.3) is 0 Å². The monoisotopic (exact) mass is 292 g/mol. The lowest BCUT2D eigenvalue weighted by Gasteiger charge is -2.07. The molecule has 7 nitrogen and oxygen atoms in total. The van der Waals surface area contributed by atoms with Crippen molar-refractivity contribution in [3.63, 3.8) is 0 Å². The van der Waals surface area contributed by atoms with E-state index >= 15 is 0 Å². The van der Waals surface area contributed by atoms with Crippen molar-refractivity contribution in [1.82, 2.24) is 10.9 Å². The lowest BCUT2D eigenvalue weighted by atomic mass is 10.2. The van der Waals surface area contributed by atoms with Crippen molar-refractivity contribution in [2.75, 3.05) is 20.3 Å². The van der Waals surface area contributed by atoms with Gasteiger partial charge >= 0.3 is 11.9 Å². The Balaban J connectivity index is 2.15. The highest BCUT2D eigenvalue weighted by molar-refractivity contribution is 5.93. The van der Waals surface area contributed by atoms with Crippen molar-refractivity contribution in [2.45, 2.75) is 0 Å². The summed E-state index contributed by atoms with van der Waals surface area (Å²) >= 11 is 0. The van der Waals surface area contributed by atoms with E-state index in [0.29, 0.717) is 5.56 Å². The summed E-state index contributed by atoms with van der Waals surface area (Å²) in [6, 6.07) is 8.67. The van der Waals surface area contributed by atoms with E-state index in [9.17, 15) is 14.4 Å². The molecule has 0 saturated heterocycles. The lowest BCUT2D eigenvalue weighted by Crippen LogP contribution is -2.39. The molecule has 0 spiro atoms. The van der Waals surface area contributed by atoms with Gasteiger partial charge in [-0.2, -0.15) is 0 Å². The minimum Gasteiger partial charge on any atom is -0.466 e. The fourth-order valence-corrected chi connectivity index (χ4v) is 1.26. The standard InChI is InChI=1S/C14H16N2O5/c1-20-12(17)7-8-13(18)21-10-9-15-16-14(19)11-5-3-2-4-6-11/h2-8,15H,9-10H2,1H3,(H,16,19). The summed E-state index contributed by atoms with van der Waals surface area (Å²) < 4.78 is 9.10. The third-order valence-electron chi connectivity index (χ3n) is 2.27. The van der Waals surface area contributed by atoms with Crippen LogP contribution in [-0.2, 0) is 19.1 Å². The molecule has 0 radical (unpaired) electrons. The van der Waals surface area contributed by atoms with Crippen molar-refractivity contribution in [3.8, 4) is 0 Å². The molecule has 1 aromatic carbocycles. The molecule has 0 unspecified atom stereocenters. The average molecular weight is 292 g/mol. The number of rotatable bonds is 7. The second-order valence-corrected chi connectivity index (χ2v) is 3.77. The van der Waals surface area contributed by atoms with Gasteiger partial charge in [0.15, 0.2) is 0 Å². The van der Waals surface area contributed by atoms with E-state index < -0.39 is 11.9 Å². The highest BCUT2D eigenvalue weighted by Gasteiger charge is 2.03. The van der Waals surface area contributed by atoms with Crippen LogP contribution in [0.5, 0.6) is 0 Å². The third kappa shape index (κ3) is 6.88. The second kappa shape index (κ2) is 9.27. The number of esters is 2. The van der Waals surface area contributed by atoms with Crippen LogP contribution in [0.3, 0.4) is 0 Å². The summed E-state index contributed by atoms with van der Waals surface area (Å²) in [4.78, 5) is 33.5. The van der Waals surface area contributed by atoms with Gasteiger partial charge in [0, 0.05) is 24.3 Å². The molecule has 0 bridgehead atoms. The Hall–Kier alpha value is -2.67. The quantitative estimate of drug-likeness (QED) is 0.322. The van der Waals surface area contributed by atoms with E-state index in [1.54, 1.807) is 24.3 Å². The van der Waals surface area contributed by atoms with Crippen molar-refractivity contribution in [1.29, 1.82) is 0 Å². The molecular formula is C14H16N2O5. The molecule has 2 N–H and O–H groups in total. The van der Waals surface area contributed by atoms with E-state index in [2.05, 4.69) is 15.6 Å². The minimum absolute atomic E-state index is 0.0411. The molecule has 0 aliphatic carbocycles. The van der Waals surface area contributed by atoms with Gasteiger partial charge in [0.1, 0.15) is 6.61 Å². The Morgan fingerprint density at radius 2 is 1.76 bits per heavy atom. The number of methoxy groups -OCH3 is 1. The fraction of sp³-hybridized carbons (Fsp3) is 0.214. The molecule has 0 aliphatic rings. The maximum absolute atomic E-state index is 11.6.